The number of phenols is 1. The van der Waals surface area contributed by atoms with Gasteiger partial charge in [0.25, 0.3) is 0 Å². The van der Waals surface area contributed by atoms with Gasteiger partial charge in [-0.1, -0.05) is 38.5 Å². The topological polar surface area (TPSA) is 29.5 Å². The van der Waals surface area contributed by atoms with Crippen LogP contribution in [0.2, 0.25) is 0 Å². The lowest BCUT2D eigenvalue weighted by Gasteiger charge is -2.24. The van der Waals surface area contributed by atoms with E-state index in [1.54, 1.807) is 13.2 Å². The highest BCUT2D eigenvalue weighted by Gasteiger charge is 2.22. The van der Waals surface area contributed by atoms with Crippen molar-refractivity contribution < 1.29 is 9.84 Å². The fraction of sp³-hybridized carbons (Fsp3) is 0.500. The zero-order valence-electron chi connectivity index (χ0n) is 12.3. The van der Waals surface area contributed by atoms with Gasteiger partial charge in [-0.2, -0.15) is 0 Å². The lowest BCUT2D eigenvalue weighted by atomic mass is 9.84. The van der Waals surface area contributed by atoms with Gasteiger partial charge in [0.1, 0.15) is 11.5 Å². The highest BCUT2D eigenvalue weighted by Crippen LogP contribution is 2.38. The molecule has 0 saturated heterocycles. The molecule has 2 nitrogen and oxygen atoms in total. The van der Waals surface area contributed by atoms with E-state index in [4.69, 9.17) is 4.74 Å². The Bertz CT molecular complexity index is 447. The van der Waals surface area contributed by atoms with Crippen molar-refractivity contribution in [3.05, 3.63) is 34.9 Å². The number of allylic oxidation sites excluding steroid dienone is 2. The van der Waals surface area contributed by atoms with Crippen LogP contribution in [-0.2, 0) is 11.8 Å². The molecule has 0 heterocycles. The SMILES string of the molecule is COc1c(C(C)(C)C)ccc(O)c1CC=C(C)C. The van der Waals surface area contributed by atoms with Crippen molar-refractivity contribution >= 4 is 0 Å². The molecule has 0 amide bonds. The van der Waals surface area contributed by atoms with Gasteiger partial charge in [-0.25, -0.2) is 0 Å². The molecule has 0 fully saturated rings. The average Bonchev–Trinajstić information content (AvgIpc) is 2.24. The minimum absolute atomic E-state index is 0.00122. The number of methoxy groups -OCH3 is 1. The maximum Gasteiger partial charge on any atom is 0.129 e. The summed E-state index contributed by atoms with van der Waals surface area (Å²) in [5, 5.41) is 10.0. The number of hydrogen-bond acceptors (Lipinski definition) is 2. The molecule has 0 aliphatic rings. The number of hydrogen-bond donors (Lipinski definition) is 1. The van der Waals surface area contributed by atoms with Gasteiger partial charge in [-0.3, -0.25) is 0 Å². The van der Waals surface area contributed by atoms with Gasteiger partial charge >= 0.3 is 0 Å². The van der Waals surface area contributed by atoms with E-state index in [2.05, 4.69) is 40.7 Å². The molecule has 0 unspecified atom stereocenters. The molecule has 0 aliphatic heterocycles. The maximum absolute atomic E-state index is 10.0. The van der Waals surface area contributed by atoms with Crippen molar-refractivity contribution in [3.8, 4) is 11.5 Å². The molecule has 0 atom stereocenters. The minimum Gasteiger partial charge on any atom is -0.508 e. The molecule has 0 aliphatic carbocycles. The first-order chi connectivity index (χ1) is 8.27. The van der Waals surface area contributed by atoms with Gasteiger partial charge < -0.3 is 9.84 Å². The molecular formula is C16H24O2. The zero-order chi connectivity index (χ0) is 13.9. The van der Waals surface area contributed by atoms with Crippen molar-refractivity contribution in [2.75, 3.05) is 7.11 Å². The van der Waals surface area contributed by atoms with Crippen molar-refractivity contribution in [2.45, 2.75) is 46.5 Å². The zero-order valence-corrected chi connectivity index (χ0v) is 12.3. The monoisotopic (exact) mass is 248 g/mol. The Hall–Kier alpha value is -1.44. The van der Waals surface area contributed by atoms with Crippen LogP contribution in [0, 0.1) is 0 Å². The van der Waals surface area contributed by atoms with E-state index in [0.717, 1.165) is 16.9 Å². The second kappa shape index (κ2) is 5.47. The summed E-state index contributed by atoms with van der Waals surface area (Å²) in [5.41, 5.74) is 3.22. The van der Waals surface area contributed by atoms with Crippen LogP contribution in [0.25, 0.3) is 0 Å². The Balaban J connectivity index is 3.35. The highest BCUT2D eigenvalue weighted by molar-refractivity contribution is 5.52. The van der Waals surface area contributed by atoms with Gasteiger partial charge in [0.2, 0.25) is 0 Å². The first-order valence-electron chi connectivity index (χ1n) is 6.30. The molecule has 1 aromatic carbocycles. The van der Waals surface area contributed by atoms with E-state index >= 15 is 0 Å². The summed E-state index contributed by atoms with van der Waals surface area (Å²) in [4.78, 5) is 0. The normalized spacial score (nSPS) is 11.2. The van der Waals surface area contributed by atoms with E-state index in [1.807, 2.05) is 6.07 Å². The van der Waals surface area contributed by atoms with Gasteiger partial charge in [0.15, 0.2) is 0 Å². The largest absolute Gasteiger partial charge is 0.508 e. The van der Waals surface area contributed by atoms with E-state index in [-0.39, 0.29) is 5.41 Å². The third-order valence-electron chi connectivity index (χ3n) is 2.96. The van der Waals surface area contributed by atoms with Crippen LogP contribution >= 0.6 is 0 Å². The summed E-state index contributed by atoms with van der Waals surface area (Å²) < 4.78 is 5.53. The summed E-state index contributed by atoms with van der Waals surface area (Å²) in [5.74, 6) is 1.11. The molecule has 100 valence electrons. The van der Waals surface area contributed by atoms with Crippen LogP contribution in [0.15, 0.2) is 23.8 Å². The smallest absolute Gasteiger partial charge is 0.129 e. The summed E-state index contributed by atoms with van der Waals surface area (Å²) in [6.45, 7) is 10.5. The summed E-state index contributed by atoms with van der Waals surface area (Å²) in [6, 6.07) is 3.71. The van der Waals surface area contributed by atoms with Gasteiger partial charge in [-0.15, -0.1) is 0 Å². The standard InChI is InChI=1S/C16H24O2/c1-11(2)7-8-12-14(17)10-9-13(15(12)18-6)16(3,4)5/h7,9-10,17H,8H2,1-6H3. The fourth-order valence-corrected chi connectivity index (χ4v) is 1.94. The molecule has 0 spiro atoms. The average molecular weight is 248 g/mol. The second-order valence-electron chi connectivity index (χ2n) is 5.88. The predicted octanol–water partition coefficient (Wildman–Crippen LogP) is 4.21. The van der Waals surface area contributed by atoms with E-state index < -0.39 is 0 Å². The maximum atomic E-state index is 10.0. The molecule has 0 bridgehead atoms. The number of aromatic hydroxyl groups is 1. The first-order valence-corrected chi connectivity index (χ1v) is 6.30. The van der Waals surface area contributed by atoms with Gasteiger partial charge in [-0.05, 0) is 31.7 Å². The van der Waals surface area contributed by atoms with Crippen molar-refractivity contribution in [3.63, 3.8) is 0 Å². The van der Waals surface area contributed by atoms with E-state index in [0.29, 0.717) is 12.2 Å². The number of benzene rings is 1. The van der Waals surface area contributed by atoms with Crippen molar-refractivity contribution in [1.82, 2.24) is 0 Å². The van der Waals surface area contributed by atoms with Crippen molar-refractivity contribution in [2.24, 2.45) is 0 Å². The van der Waals surface area contributed by atoms with Crippen LogP contribution in [-0.4, -0.2) is 12.2 Å². The number of ether oxygens (including phenoxy) is 1. The lowest BCUT2D eigenvalue weighted by molar-refractivity contribution is 0.385. The van der Waals surface area contributed by atoms with Crippen LogP contribution in [0.5, 0.6) is 11.5 Å². The second-order valence-corrected chi connectivity index (χ2v) is 5.88. The summed E-state index contributed by atoms with van der Waals surface area (Å²) in [6.07, 6.45) is 2.80. The fourth-order valence-electron chi connectivity index (χ4n) is 1.94. The molecule has 0 aromatic heterocycles. The quantitative estimate of drug-likeness (QED) is 0.812. The van der Waals surface area contributed by atoms with Gasteiger partial charge in [0, 0.05) is 11.1 Å². The molecule has 0 radical (unpaired) electrons. The highest BCUT2D eigenvalue weighted by atomic mass is 16.5. The summed E-state index contributed by atoms with van der Waals surface area (Å²) in [7, 11) is 1.66. The molecule has 1 N–H and O–H groups in total. The van der Waals surface area contributed by atoms with Gasteiger partial charge in [0.05, 0.1) is 7.11 Å². The van der Waals surface area contributed by atoms with Crippen molar-refractivity contribution in [1.29, 1.82) is 0 Å². The first kappa shape index (κ1) is 14.6. The van der Waals surface area contributed by atoms with E-state index in [1.165, 1.54) is 5.57 Å². The molecule has 18 heavy (non-hydrogen) atoms. The molecule has 1 rings (SSSR count). The lowest BCUT2D eigenvalue weighted by Crippen LogP contribution is -2.13. The van der Waals surface area contributed by atoms with Crippen LogP contribution < -0.4 is 4.74 Å². The Morgan fingerprint density at radius 1 is 1.28 bits per heavy atom. The summed E-state index contributed by atoms with van der Waals surface area (Å²) >= 11 is 0. The third kappa shape index (κ3) is 3.28. The molecule has 1 aromatic rings. The van der Waals surface area contributed by atoms with Crippen LogP contribution in [0.4, 0.5) is 0 Å². The number of rotatable bonds is 3. The molecule has 2 heteroatoms. The molecule has 0 saturated carbocycles. The predicted molar refractivity (Wildman–Crippen MR) is 76.5 cm³/mol. The Labute approximate surface area is 110 Å². The molecular weight excluding hydrogens is 224 g/mol. The van der Waals surface area contributed by atoms with Crippen LogP contribution in [0.3, 0.4) is 0 Å². The third-order valence-corrected chi connectivity index (χ3v) is 2.96. The number of phenolic OH excluding ortho intramolecular Hbond substituents is 1. The van der Waals surface area contributed by atoms with Crippen LogP contribution in [0.1, 0.15) is 45.7 Å². The Kier molecular flexibility index (Phi) is 4.44. The minimum atomic E-state index is -0.00122. The Morgan fingerprint density at radius 3 is 2.33 bits per heavy atom. The van der Waals surface area contributed by atoms with E-state index in [9.17, 15) is 5.11 Å². The Morgan fingerprint density at radius 2 is 1.89 bits per heavy atom.